The third-order valence-corrected chi connectivity index (χ3v) is 8.10. The van der Waals surface area contributed by atoms with Crippen molar-refractivity contribution in [1.29, 1.82) is 0 Å². The minimum absolute atomic E-state index is 0.116. The molecule has 4 aromatic heterocycles. The average molecular weight is 523 g/mol. The molecular weight excluding hydrogens is 496 g/mol. The van der Waals surface area contributed by atoms with Gasteiger partial charge >= 0.3 is 0 Å². The number of pyridine rings is 2. The molecule has 1 aromatic carbocycles. The van der Waals surface area contributed by atoms with Crippen molar-refractivity contribution in [3.63, 3.8) is 0 Å². The van der Waals surface area contributed by atoms with E-state index >= 15 is 0 Å². The van der Waals surface area contributed by atoms with E-state index < -0.39 is 0 Å². The molecule has 2 amide bonds. The summed E-state index contributed by atoms with van der Waals surface area (Å²) in [4.78, 5) is 38.8. The van der Waals surface area contributed by atoms with Gasteiger partial charge in [0.2, 0.25) is 5.91 Å². The number of amides is 2. The Balaban J connectivity index is 1.40. The lowest BCUT2D eigenvalue weighted by Crippen LogP contribution is -2.48. The maximum absolute atomic E-state index is 13.5. The van der Waals surface area contributed by atoms with Crippen LogP contribution in [-0.4, -0.2) is 43.4 Å². The topological polar surface area (TPSA) is 105 Å². The summed E-state index contributed by atoms with van der Waals surface area (Å²) in [6.45, 7) is 7.82. The number of carbonyl (C=O) groups is 2. The Morgan fingerprint density at radius 3 is 2.68 bits per heavy atom. The summed E-state index contributed by atoms with van der Waals surface area (Å²) in [5.74, 6) is -0.418. The summed E-state index contributed by atoms with van der Waals surface area (Å²) < 4.78 is 2.04. The van der Waals surface area contributed by atoms with Gasteiger partial charge in [0, 0.05) is 41.9 Å². The third-order valence-electron chi connectivity index (χ3n) is 7.00. The zero-order valence-electron chi connectivity index (χ0n) is 20.6. The predicted octanol–water partition coefficient (Wildman–Crippen LogP) is 4.27. The van der Waals surface area contributed by atoms with Gasteiger partial charge in [-0.05, 0) is 55.2 Å². The molecule has 0 unspecified atom stereocenters. The van der Waals surface area contributed by atoms with Crippen LogP contribution in [0.2, 0.25) is 0 Å². The van der Waals surface area contributed by atoms with E-state index in [-0.39, 0.29) is 23.9 Å². The molecule has 5 aromatic rings. The minimum Gasteiger partial charge on any atom is -0.348 e. The van der Waals surface area contributed by atoms with Crippen LogP contribution in [-0.2, 0) is 4.79 Å². The second-order valence-electron chi connectivity index (χ2n) is 9.35. The van der Waals surface area contributed by atoms with Gasteiger partial charge in [0.05, 0.1) is 16.4 Å². The van der Waals surface area contributed by atoms with Crippen LogP contribution in [0, 0.1) is 0 Å². The van der Waals surface area contributed by atoms with E-state index in [0.29, 0.717) is 15.9 Å². The van der Waals surface area contributed by atoms with Crippen LogP contribution >= 0.6 is 11.3 Å². The molecule has 6 rings (SSSR count). The lowest BCUT2D eigenvalue weighted by Gasteiger charge is -2.21. The Labute approximate surface area is 222 Å². The van der Waals surface area contributed by atoms with Gasteiger partial charge in [-0.25, -0.2) is 4.98 Å². The van der Waals surface area contributed by atoms with Crippen LogP contribution in [0.5, 0.6) is 0 Å². The number of nitrogens with one attached hydrogen (secondary N) is 3. The molecule has 4 heterocycles. The Morgan fingerprint density at radius 1 is 1.08 bits per heavy atom. The second-order valence-corrected chi connectivity index (χ2v) is 10.3. The van der Waals surface area contributed by atoms with Gasteiger partial charge in [-0.3, -0.25) is 19.1 Å². The summed E-state index contributed by atoms with van der Waals surface area (Å²) >= 11 is 1.35. The molecule has 0 saturated heterocycles. The number of H-pyrrole nitrogens is 1. The van der Waals surface area contributed by atoms with Crippen molar-refractivity contribution in [2.24, 2.45) is 0 Å². The standard InChI is InChI=1S/C29H26N6O2S/c1-3-24(36)33-21-10-5-11-22(21)34-28(37)27-26-25-23(12-14-31-29(25)38-27)35(17(2)32-26)20-9-4-7-18(15-20)19-8-6-13-30-16-19/h3-4,6-9,12-16,21-22,32H,1-2,5,10-11H2,(H,33,36)(H,34,37)/t21-,22+/m0/s1. The quantitative estimate of drug-likeness (QED) is 0.290. The number of thiophene rings is 1. The van der Waals surface area contributed by atoms with E-state index in [4.69, 9.17) is 0 Å². The molecular formula is C29H26N6O2S. The molecule has 190 valence electrons. The van der Waals surface area contributed by atoms with Crippen LogP contribution in [0.15, 0.2) is 73.7 Å². The first kappa shape index (κ1) is 23.9. The molecule has 9 heteroatoms. The Morgan fingerprint density at radius 2 is 1.89 bits per heavy atom. The molecule has 0 aliphatic heterocycles. The molecule has 0 spiro atoms. The second kappa shape index (κ2) is 9.75. The van der Waals surface area contributed by atoms with E-state index in [1.807, 2.05) is 41.1 Å². The van der Waals surface area contributed by atoms with E-state index in [1.165, 1.54) is 17.4 Å². The van der Waals surface area contributed by atoms with Gasteiger partial charge in [0.15, 0.2) is 0 Å². The van der Waals surface area contributed by atoms with Crippen molar-refractivity contribution in [1.82, 2.24) is 30.2 Å². The number of hydrogen-bond donors (Lipinski definition) is 3. The summed E-state index contributed by atoms with van der Waals surface area (Å²) in [7, 11) is 0. The number of aromatic nitrogens is 4. The smallest absolute Gasteiger partial charge is 0.263 e. The van der Waals surface area contributed by atoms with Gasteiger partial charge < -0.3 is 15.6 Å². The van der Waals surface area contributed by atoms with Gasteiger partial charge in [-0.1, -0.05) is 31.4 Å². The summed E-state index contributed by atoms with van der Waals surface area (Å²) in [5.41, 5.74) is 5.25. The molecule has 1 saturated carbocycles. The number of carbonyl (C=O) groups excluding carboxylic acids is 2. The molecule has 0 bridgehead atoms. The molecule has 1 aliphatic carbocycles. The fourth-order valence-electron chi connectivity index (χ4n) is 5.25. The van der Waals surface area contributed by atoms with Gasteiger partial charge in [0.1, 0.15) is 15.2 Å². The fraction of sp³-hybridized carbons (Fsp3) is 0.172. The highest BCUT2D eigenvalue weighted by Crippen LogP contribution is 2.34. The number of nitrogens with zero attached hydrogens (tertiary/aromatic N) is 3. The zero-order valence-corrected chi connectivity index (χ0v) is 21.4. The van der Waals surface area contributed by atoms with Crippen molar-refractivity contribution in [2.45, 2.75) is 31.3 Å². The van der Waals surface area contributed by atoms with Gasteiger partial charge in [-0.15, -0.1) is 11.3 Å². The number of rotatable bonds is 6. The van der Waals surface area contributed by atoms with Crippen LogP contribution in [0.3, 0.4) is 0 Å². The van der Waals surface area contributed by atoms with E-state index in [0.717, 1.165) is 51.8 Å². The Bertz CT molecular complexity index is 1750. The largest absolute Gasteiger partial charge is 0.348 e. The van der Waals surface area contributed by atoms with E-state index in [1.54, 1.807) is 12.4 Å². The number of benzene rings is 1. The lowest BCUT2D eigenvalue weighted by atomic mass is 10.1. The van der Waals surface area contributed by atoms with Gasteiger partial charge in [0.25, 0.3) is 5.91 Å². The molecule has 8 nitrogen and oxygen atoms in total. The van der Waals surface area contributed by atoms with Crippen LogP contribution in [0.25, 0.3) is 44.6 Å². The van der Waals surface area contributed by atoms with E-state index in [2.05, 4.69) is 50.9 Å². The SMILES string of the molecule is C=CC(=O)N[C@H]1CCC[C@H]1NC(=O)c1sc2nccc3c2c1[nH]c(=C)n3-c1cccc(-c2cccnc2)c1. The predicted molar refractivity (Wildman–Crippen MR) is 151 cm³/mol. The van der Waals surface area contributed by atoms with Gasteiger partial charge in [-0.2, -0.15) is 0 Å². The highest BCUT2D eigenvalue weighted by Gasteiger charge is 2.31. The maximum atomic E-state index is 13.5. The molecule has 38 heavy (non-hydrogen) atoms. The molecule has 3 N–H and O–H groups in total. The molecule has 1 aliphatic rings. The maximum Gasteiger partial charge on any atom is 0.263 e. The Hall–Kier alpha value is -4.50. The highest BCUT2D eigenvalue weighted by atomic mass is 32.1. The minimum atomic E-state index is -0.229. The van der Waals surface area contributed by atoms with E-state index in [9.17, 15) is 9.59 Å². The lowest BCUT2D eigenvalue weighted by molar-refractivity contribution is -0.117. The van der Waals surface area contributed by atoms with Crippen LogP contribution < -0.4 is 16.1 Å². The molecule has 2 atom stereocenters. The first-order chi connectivity index (χ1) is 18.5. The monoisotopic (exact) mass is 522 g/mol. The fourth-order valence-corrected chi connectivity index (χ4v) is 6.27. The van der Waals surface area contributed by atoms with Crippen molar-refractivity contribution >= 4 is 51.0 Å². The normalized spacial score (nSPS) is 17.1. The summed E-state index contributed by atoms with van der Waals surface area (Å²) in [6, 6.07) is 13.8. The summed E-state index contributed by atoms with van der Waals surface area (Å²) in [6.07, 6.45) is 9.17. The number of aromatic amines is 1. The average Bonchev–Trinajstić information content (AvgIpc) is 3.54. The first-order valence-corrected chi connectivity index (χ1v) is 13.3. The summed E-state index contributed by atoms with van der Waals surface area (Å²) in [5, 5.41) is 6.96. The highest BCUT2D eigenvalue weighted by molar-refractivity contribution is 7.21. The number of hydrogen-bond acceptors (Lipinski definition) is 5. The zero-order chi connectivity index (χ0) is 26.2. The van der Waals surface area contributed by atoms with Crippen molar-refractivity contribution < 1.29 is 9.59 Å². The van der Waals surface area contributed by atoms with Crippen molar-refractivity contribution in [2.75, 3.05) is 0 Å². The van der Waals surface area contributed by atoms with Crippen LogP contribution in [0.4, 0.5) is 0 Å². The molecule has 0 radical (unpaired) electrons. The third kappa shape index (κ3) is 4.20. The van der Waals surface area contributed by atoms with Crippen molar-refractivity contribution in [3.8, 4) is 16.8 Å². The first-order valence-electron chi connectivity index (χ1n) is 12.5. The van der Waals surface area contributed by atoms with Crippen LogP contribution in [0.1, 0.15) is 28.9 Å². The Kier molecular flexibility index (Phi) is 6.13. The molecule has 1 fully saturated rings. The van der Waals surface area contributed by atoms with Crippen molar-refractivity contribution in [3.05, 3.63) is 84.1 Å².